The fourth-order valence-electron chi connectivity index (χ4n) is 3.00. The van der Waals surface area contributed by atoms with Crippen LogP contribution in [0, 0.1) is 0 Å². The molecule has 0 saturated carbocycles. The van der Waals surface area contributed by atoms with Crippen molar-refractivity contribution in [2.75, 3.05) is 38.2 Å². The van der Waals surface area contributed by atoms with E-state index in [2.05, 4.69) is 42.0 Å². The molecular formula is C16H18N6O2. The lowest BCUT2D eigenvalue weighted by Crippen LogP contribution is -2.46. The van der Waals surface area contributed by atoms with Gasteiger partial charge in [0.05, 0.1) is 24.6 Å². The highest BCUT2D eigenvalue weighted by Gasteiger charge is 2.19. The normalized spacial score (nSPS) is 15.8. The maximum absolute atomic E-state index is 5.34. The van der Waals surface area contributed by atoms with Crippen LogP contribution in [0.5, 0.6) is 5.88 Å². The summed E-state index contributed by atoms with van der Waals surface area (Å²) in [5.41, 5.74) is 2.05. The smallest absolute Gasteiger partial charge is 0.240 e. The van der Waals surface area contributed by atoms with Gasteiger partial charge in [-0.1, -0.05) is 5.16 Å². The first-order valence-corrected chi connectivity index (χ1v) is 7.85. The van der Waals surface area contributed by atoms with Crippen molar-refractivity contribution in [1.29, 1.82) is 0 Å². The number of nitrogens with zero attached hydrogens (tertiary/aromatic N) is 6. The van der Waals surface area contributed by atoms with Gasteiger partial charge in [0.2, 0.25) is 11.8 Å². The summed E-state index contributed by atoms with van der Waals surface area (Å²) in [5, 5.41) is 4.58. The minimum Gasteiger partial charge on any atom is -0.480 e. The van der Waals surface area contributed by atoms with Gasteiger partial charge in [-0.25, -0.2) is 9.97 Å². The second-order valence-corrected chi connectivity index (χ2v) is 5.68. The first-order valence-electron chi connectivity index (χ1n) is 7.85. The maximum atomic E-state index is 5.34. The summed E-state index contributed by atoms with van der Waals surface area (Å²) >= 11 is 0. The molecule has 0 aliphatic carbocycles. The van der Waals surface area contributed by atoms with Crippen molar-refractivity contribution in [1.82, 2.24) is 25.0 Å². The van der Waals surface area contributed by atoms with Crippen LogP contribution >= 0.6 is 0 Å². The van der Waals surface area contributed by atoms with Gasteiger partial charge in [-0.05, 0) is 18.2 Å². The molecule has 4 rings (SSSR count). The van der Waals surface area contributed by atoms with E-state index < -0.39 is 0 Å². The zero-order valence-corrected chi connectivity index (χ0v) is 13.4. The van der Waals surface area contributed by atoms with E-state index in [1.165, 1.54) is 12.7 Å². The number of benzene rings is 1. The number of rotatable bonds is 4. The van der Waals surface area contributed by atoms with Crippen LogP contribution in [0.15, 0.2) is 35.4 Å². The number of piperazine rings is 1. The Morgan fingerprint density at radius 2 is 1.96 bits per heavy atom. The molecule has 1 aromatic carbocycles. The van der Waals surface area contributed by atoms with Crippen molar-refractivity contribution in [3.05, 3.63) is 36.7 Å². The second kappa shape index (κ2) is 6.40. The molecule has 0 bridgehead atoms. The number of aromatic nitrogens is 4. The molecular weight excluding hydrogens is 308 g/mol. The van der Waals surface area contributed by atoms with Crippen molar-refractivity contribution in [2.24, 2.45) is 0 Å². The first kappa shape index (κ1) is 14.8. The molecule has 0 atom stereocenters. The molecule has 1 saturated heterocycles. The number of hydrogen-bond donors (Lipinski definition) is 0. The van der Waals surface area contributed by atoms with Crippen LogP contribution in [-0.4, -0.2) is 58.3 Å². The van der Waals surface area contributed by atoms with Crippen molar-refractivity contribution in [3.63, 3.8) is 0 Å². The van der Waals surface area contributed by atoms with E-state index in [1.807, 2.05) is 6.07 Å². The molecule has 0 amide bonds. The number of hydrogen-bond acceptors (Lipinski definition) is 8. The standard InChI is InChI=1S/C16H18N6O2/c1-23-16-13-8-12(2-3-14(13)17-10-19-16)22-6-4-21(5-7-22)9-15-18-11-20-24-15/h2-3,8,10-11H,4-7,9H2,1H3. The van der Waals surface area contributed by atoms with E-state index in [9.17, 15) is 0 Å². The van der Waals surface area contributed by atoms with E-state index in [1.54, 1.807) is 7.11 Å². The molecule has 3 aromatic rings. The lowest BCUT2D eigenvalue weighted by atomic mass is 10.2. The van der Waals surface area contributed by atoms with Gasteiger partial charge in [0, 0.05) is 31.9 Å². The van der Waals surface area contributed by atoms with E-state index >= 15 is 0 Å². The van der Waals surface area contributed by atoms with Gasteiger partial charge in [0.25, 0.3) is 0 Å². The topological polar surface area (TPSA) is 80.4 Å². The van der Waals surface area contributed by atoms with Crippen LogP contribution in [0.2, 0.25) is 0 Å². The van der Waals surface area contributed by atoms with Crippen LogP contribution in [0.3, 0.4) is 0 Å². The highest BCUT2D eigenvalue weighted by atomic mass is 16.5. The van der Waals surface area contributed by atoms with E-state index in [0.29, 0.717) is 18.3 Å². The highest BCUT2D eigenvalue weighted by Crippen LogP contribution is 2.27. The average molecular weight is 326 g/mol. The van der Waals surface area contributed by atoms with Gasteiger partial charge >= 0.3 is 0 Å². The molecule has 124 valence electrons. The molecule has 8 nitrogen and oxygen atoms in total. The quantitative estimate of drug-likeness (QED) is 0.710. The summed E-state index contributed by atoms with van der Waals surface area (Å²) in [5.74, 6) is 1.27. The summed E-state index contributed by atoms with van der Waals surface area (Å²) in [6, 6.07) is 6.21. The van der Waals surface area contributed by atoms with Crippen molar-refractivity contribution in [3.8, 4) is 5.88 Å². The Morgan fingerprint density at radius 3 is 2.71 bits per heavy atom. The van der Waals surface area contributed by atoms with Gasteiger partial charge in [-0.3, -0.25) is 4.90 Å². The molecule has 1 aliphatic rings. The Hall–Kier alpha value is -2.74. The van der Waals surface area contributed by atoms with E-state index in [0.717, 1.165) is 42.8 Å². The van der Waals surface area contributed by atoms with Gasteiger partial charge < -0.3 is 14.2 Å². The number of anilines is 1. The summed E-state index contributed by atoms with van der Waals surface area (Å²) in [6.07, 6.45) is 2.97. The van der Waals surface area contributed by atoms with E-state index in [-0.39, 0.29) is 0 Å². The first-order chi connectivity index (χ1) is 11.8. The van der Waals surface area contributed by atoms with Crippen LogP contribution in [0.1, 0.15) is 5.89 Å². The third-order valence-corrected chi connectivity index (χ3v) is 4.28. The van der Waals surface area contributed by atoms with E-state index in [4.69, 9.17) is 9.26 Å². The summed E-state index contributed by atoms with van der Waals surface area (Å²) in [6.45, 7) is 4.48. The van der Waals surface area contributed by atoms with Crippen LogP contribution in [-0.2, 0) is 6.54 Å². The molecule has 3 heterocycles. The predicted octanol–water partition coefficient (Wildman–Crippen LogP) is 1.34. The highest BCUT2D eigenvalue weighted by molar-refractivity contribution is 5.86. The molecule has 0 N–H and O–H groups in total. The van der Waals surface area contributed by atoms with Crippen LogP contribution < -0.4 is 9.64 Å². The lowest BCUT2D eigenvalue weighted by Gasteiger charge is -2.35. The Balaban J connectivity index is 1.48. The molecule has 24 heavy (non-hydrogen) atoms. The van der Waals surface area contributed by atoms with Crippen LogP contribution in [0.4, 0.5) is 5.69 Å². The van der Waals surface area contributed by atoms with Gasteiger partial charge in [-0.2, -0.15) is 4.98 Å². The third kappa shape index (κ3) is 2.88. The monoisotopic (exact) mass is 326 g/mol. The van der Waals surface area contributed by atoms with Gasteiger partial charge in [0.1, 0.15) is 6.33 Å². The number of ether oxygens (including phenoxy) is 1. The Bertz CT molecular complexity index is 815. The Kier molecular flexibility index (Phi) is 3.96. The molecule has 2 aromatic heterocycles. The lowest BCUT2D eigenvalue weighted by molar-refractivity contribution is 0.215. The van der Waals surface area contributed by atoms with Gasteiger partial charge in [0.15, 0.2) is 6.33 Å². The number of fused-ring (bicyclic) bond motifs is 1. The summed E-state index contributed by atoms with van der Waals surface area (Å²) in [7, 11) is 1.63. The molecule has 8 heteroatoms. The van der Waals surface area contributed by atoms with Crippen LogP contribution in [0.25, 0.3) is 10.9 Å². The summed E-state index contributed by atoms with van der Waals surface area (Å²) < 4.78 is 10.4. The average Bonchev–Trinajstić information content (AvgIpc) is 3.14. The van der Waals surface area contributed by atoms with Crippen molar-refractivity contribution in [2.45, 2.75) is 6.54 Å². The number of methoxy groups -OCH3 is 1. The Labute approximate surface area is 139 Å². The summed E-state index contributed by atoms with van der Waals surface area (Å²) in [4.78, 5) is 17.2. The predicted molar refractivity (Wildman–Crippen MR) is 87.9 cm³/mol. The molecule has 0 unspecified atom stereocenters. The fourth-order valence-corrected chi connectivity index (χ4v) is 3.00. The van der Waals surface area contributed by atoms with Crippen molar-refractivity contribution < 1.29 is 9.26 Å². The van der Waals surface area contributed by atoms with Crippen molar-refractivity contribution >= 4 is 16.6 Å². The second-order valence-electron chi connectivity index (χ2n) is 5.68. The minimum absolute atomic E-state index is 0.608. The fraction of sp³-hybridized carbons (Fsp3) is 0.375. The maximum Gasteiger partial charge on any atom is 0.240 e. The minimum atomic E-state index is 0.608. The zero-order valence-electron chi connectivity index (χ0n) is 13.4. The Morgan fingerprint density at radius 1 is 1.08 bits per heavy atom. The van der Waals surface area contributed by atoms with Gasteiger partial charge in [-0.15, -0.1) is 0 Å². The molecule has 0 radical (unpaired) electrons. The molecule has 1 fully saturated rings. The molecule has 1 aliphatic heterocycles. The SMILES string of the molecule is COc1ncnc2ccc(N3CCN(Cc4ncno4)CC3)cc12. The molecule has 0 spiro atoms. The zero-order chi connectivity index (χ0) is 16.4. The third-order valence-electron chi connectivity index (χ3n) is 4.28. The largest absolute Gasteiger partial charge is 0.480 e.